The molecule has 31 heavy (non-hydrogen) atoms. The van der Waals surface area contributed by atoms with Gasteiger partial charge in [-0.05, 0) is 30.3 Å². The van der Waals surface area contributed by atoms with Gasteiger partial charge in [0.25, 0.3) is 11.8 Å². The van der Waals surface area contributed by atoms with E-state index in [1.165, 1.54) is 24.4 Å². The van der Waals surface area contributed by atoms with Gasteiger partial charge < -0.3 is 20.4 Å². The second-order valence-corrected chi connectivity index (χ2v) is 7.00. The highest BCUT2D eigenvalue weighted by molar-refractivity contribution is 6.27. The smallest absolute Gasteiger partial charge is 0.261 e. The van der Waals surface area contributed by atoms with Gasteiger partial charge in [-0.15, -0.1) is 0 Å². The number of imide groups is 1. The Hall–Kier alpha value is -3.95. The Morgan fingerprint density at radius 1 is 0.968 bits per heavy atom. The molecule has 3 aromatic carbocycles. The van der Waals surface area contributed by atoms with Crippen molar-refractivity contribution >= 4 is 34.5 Å². The molecule has 5 N–H and O–H groups in total. The molecule has 0 atom stereocenters. The molecule has 0 bridgehead atoms. The number of anilines is 1. The number of aliphatic hydroxyl groups excluding tert-OH is 2. The van der Waals surface area contributed by atoms with Gasteiger partial charge in [0.1, 0.15) is 11.5 Å². The van der Waals surface area contributed by atoms with Crippen LogP contribution < -0.4 is 5.43 Å². The van der Waals surface area contributed by atoms with E-state index in [0.29, 0.717) is 22.0 Å². The topological polar surface area (TPSA) is 143 Å². The van der Waals surface area contributed by atoms with E-state index in [1.807, 2.05) is 0 Å². The monoisotopic (exact) mass is 421 g/mol. The van der Waals surface area contributed by atoms with Crippen LogP contribution in [-0.2, 0) is 0 Å². The van der Waals surface area contributed by atoms with Gasteiger partial charge in [-0.3, -0.25) is 19.9 Å². The summed E-state index contributed by atoms with van der Waals surface area (Å²) in [6.07, 6.45) is 1.37. The number of phenolic OH excluding ortho intramolecular Hbond substituents is 2. The normalized spacial score (nSPS) is 13.6. The maximum Gasteiger partial charge on any atom is 0.261 e. The Morgan fingerprint density at radius 2 is 1.68 bits per heavy atom. The minimum Gasteiger partial charge on any atom is -0.508 e. The molecular weight excluding hydrogens is 402 g/mol. The van der Waals surface area contributed by atoms with Crippen molar-refractivity contribution in [1.29, 1.82) is 0 Å². The van der Waals surface area contributed by atoms with E-state index in [0.717, 1.165) is 4.90 Å². The number of carbonyl (C=O) groups excluding carboxylic acids is 2. The fourth-order valence-electron chi connectivity index (χ4n) is 3.58. The van der Waals surface area contributed by atoms with Gasteiger partial charge in [-0.25, -0.2) is 0 Å². The van der Waals surface area contributed by atoms with Crippen LogP contribution in [0.5, 0.6) is 11.5 Å². The molecular formula is C22H19N3O6. The van der Waals surface area contributed by atoms with Gasteiger partial charge in [0.15, 0.2) is 0 Å². The second kappa shape index (κ2) is 8.05. The first-order chi connectivity index (χ1) is 15.0. The highest BCUT2D eigenvalue weighted by Crippen LogP contribution is 2.35. The van der Waals surface area contributed by atoms with E-state index in [1.54, 1.807) is 30.3 Å². The third-order valence-electron chi connectivity index (χ3n) is 5.13. The maximum absolute atomic E-state index is 12.9. The molecule has 9 heteroatoms. The highest BCUT2D eigenvalue weighted by atomic mass is 16.3. The van der Waals surface area contributed by atoms with Gasteiger partial charge in [0.05, 0.1) is 31.2 Å². The van der Waals surface area contributed by atoms with E-state index in [4.69, 9.17) is 0 Å². The van der Waals surface area contributed by atoms with Crippen LogP contribution in [0.15, 0.2) is 53.6 Å². The van der Waals surface area contributed by atoms with Crippen LogP contribution in [0.2, 0.25) is 0 Å². The molecule has 9 nitrogen and oxygen atoms in total. The molecule has 4 rings (SSSR count). The largest absolute Gasteiger partial charge is 0.508 e. The first-order valence-corrected chi connectivity index (χ1v) is 9.42. The van der Waals surface area contributed by atoms with Crippen LogP contribution in [0.4, 0.5) is 5.69 Å². The van der Waals surface area contributed by atoms with Crippen molar-refractivity contribution in [2.24, 2.45) is 5.10 Å². The molecule has 1 aliphatic rings. The molecule has 2 amide bonds. The van der Waals surface area contributed by atoms with Gasteiger partial charge in [-0.1, -0.05) is 12.1 Å². The summed E-state index contributed by atoms with van der Waals surface area (Å²) in [6.45, 7) is -1.09. The zero-order valence-electron chi connectivity index (χ0n) is 16.2. The first kappa shape index (κ1) is 20.3. The third-order valence-corrected chi connectivity index (χ3v) is 5.13. The molecule has 0 saturated heterocycles. The molecule has 0 spiro atoms. The first-order valence-electron chi connectivity index (χ1n) is 9.42. The van der Waals surface area contributed by atoms with Crippen LogP contribution in [-0.4, -0.2) is 62.6 Å². The molecule has 0 radical (unpaired) electrons. The van der Waals surface area contributed by atoms with E-state index >= 15 is 0 Å². The number of carbonyl (C=O) groups is 2. The van der Waals surface area contributed by atoms with Crippen molar-refractivity contribution in [2.45, 2.75) is 6.04 Å². The van der Waals surface area contributed by atoms with E-state index in [9.17, 15) is 30.0 Å². The van der Waals surface area contributed by atoms with Crippen LogP contribution in [0.1, 0.15) is 26.3 Å². The predicted molar refractivity (Wildman–Crippen MR) is 113 cm³/mol. The summed E-state index contributed by atoms with van der Waals surface area (Å²) in [7, 11) is 0. The number of nitrogens with one attached hydrogen (secondary N) is 1. The lowest BCUT2D eigenvalue weighted by atomic mass is 9.92. The molecule has 1 aliphatic heterocycles. The van der Waals surface area contributed by atoms with Gasteiger partial charge >= 0.3 is 0 Å². The van der Waals surface area contributed by atoms with Crippen molar-refractivity contribution in [3.8, 4) is 11.5 Å². The summed E-state index contributed by atoms with van der Waals surface area (Å²) in [4.78, 5) is 26.8. The number of aromatic hydroxyl groups is 2. The lowest BCUT2D eigenvalue weighted by Gasteiger charge is -2.32. The summed E-state index contributed by atoms with van der Waals surface area (Å²) in [5.74, 6) is -1.39. The third kappa shape index (κ3) is 3.45. The number of aliphatic hydroxyl groups is 2. The maximum atomic E-state index is 12.9. The van der Waals surface area contributed by atoms with Crippen LogP contribution in [0.25, 0.3) is 10.8 Å². The Morgan fingerprint density at radius 3 is 2.35 bits per heavy atom. The van der Waals surface area contributed by atoms with Gasteiger partial charge in [0, 0.05) is 33.5 Å². The van der Waals surface area contributed by atoms with E-state index < -0.39 is 31.1 Å². The average molecular weight is 421 g/mol. The van der Waals surface area contributed by atoms with Crippen molar-refractivity contribution < 1.29 is 30.0 Å². The SMILES string of the molecule is O=C1c2cccc3c(N/N=C/c4ccc(O)cc4O)ccc(c23)C(=O)N1C(CO)CO. The molecule has 0 aromatic heterocycles. The molecule has 0 aliphatic carbocycles. The number of phenols is 2. The van der Waals surface area contributed by atoms with Crippen LogP contribution in [0, 0.1) is 0 Å². The zero-order chi connectivity index (χ0) is 22.1. The number of benzene rings is 3. The van der Waals surface area contributed by atoms with Crippen molar-refractivity contribution in [2.75, 3.05) is 18.6 Å². The Balaban J connectivity index is 1.72. The highest BCUT2D eigenvalue weighted by Gasteiger charge is 2.37. The minimum atomic E-state index is -1.02. The van der Waals surface area contributed by atoms with Gasteiger partial charge in [-0.2, -0.15) is 5.10 Å². The number of hydrazone groups is 1. The molecule has 3 aromatic rings. The predicted octanol–water partition coefficient (Wildman–Crippen LogP) is 1.65. The van der Waals surface area contributed by atoms with Crippen LogP contribution >= 0.6 is 0 Å². The lowest BCUT2D eigenvalue weighted by Crippen LogP contribution is -2.50. The fraction of sp³-hybridized carbons (Fsp3) is 0.136. The lowest BCUT2D eigenvalue weighted by molar-refractivity contribution is 0.0375. The average Bonchev–Trinajstić information content (AvgIpc) is 2.77. The Kier molecular flexibility index (Phi) is 5.28. The summed E-state index contributed by atoms with van der Waals surface area (Å²) in [6, 6.07) is 11.3. The summed E-state index contributed by atoms with van der Waals surface area (Å²) >= 11 is 0. The molecule has 0 unspecified atom stereocenters. The fourth-order valence-corrected chi connectivity index (χ4v) is 3.58. The number of nitrogens with zero attached hydrogens (tertiary/aromatic N) is 2. The Bertz CT molecular complexity index is 1200. The number of hydrogen-bond acceptors (Lipinski definition) is 8. The number of amides is 2. The zero-order valence-corrected chi connectivity index (χ0v) is 16.2. The summed E-state index contributed by atoms with van der Waals surface area (Å²) in [5.41, 5.74) is 4.32. The summed E-state index contributed by atoms with van der Waals surface area (Å²) < 4.78 is 0. The summed E-state index contributed by atoms with van der Waals surface area (Å²) in [5, 5.41) is 43.3. The van der Waals surface area contributed by atoms with Crippen molar-refractivity contribution in [3.63, 3.8) is 0 Å². The molecule has 0 saturated carbocycles. The van der Waals surface area contributed by atoms with E-state index in [-0.39, 0.29) is 22.6 Å². The number of rotatable bonds is 6. The molecule has 158 valence electrons. The molecule has 0 fully saturated rings. The van der Waals surface area contributed by atoms with Crippen molar-refractivity contribution in [1.82, 2.24) is 4.90 Å². The minimum absolute atomic E-state index is 0.0702. The quantitative estimate of drug-likeness (QED) is 0.231. The van der Waals surface area contributed by atoms with Crippen molar-refractivity contribution in [3.05, 3.63) is 65.2 Å². The van der Waals surface area contributed by atoms with Crippen LogP contribution in [0.3, 0.4) is 0 Å². The van der Waals surface area contributed by atoms with E-state index in [2.05, 4.69) is 10.5 Å². The van der Waals surface area contributed by atoms with Gasteiger partial charge in [0.2, 0.25) is 0 Å². The number of hydrogen-bond donors (Lipinski definition) is 5. The molecule has 1 heterocycles. The standard InChI is InChI=1S/C22H19N3O6/c26-10-13(11-27)25-21(30)16-3-1-2-15-18(7-6-17(20(15)16)22(25)31)24-23-9-12-4-5-14(28)8-19(12)29/h1-9,13,24,26-29H,10-11H2/b23-9+. The Labute approximate surface area is 176 Å². The second-order valence-electron chi connectivity index (χ2n) is 7.00.